The molecule has 6 nitrogen and oxygen atoms in total. The third-order valence-electron chi connectivity index (χ3n) is 5.54. The van der Waals surface area contributed by atoms with Gasteiger partial charge in [0.15, 0.2) is 0 Å². The zero-order valence-corrected chi connectivity index (χ0v) is 20.6. The second-order valence-electron chi connectivity index (χ2n) is 8.08. The summed E-state index contributed by atoms with van der Waals surface area (Å²) in [5.41, 5.74) is 4.65. The van der Waals surface area contributed by atoms with Crippen LogP contribution >= 0.6 is 11.8 Å². The topological polar surface area (TPSA) is 75.7 Å². The zero-order valence-electron chi connectivity index (χ0n) is 19.0. The smallest absolute Gasteiger partial charge is 0.262 e. The summed E-state index contributed by atoms with van der Waals surface area (Å²) in [5, 5.41) is -0.182. The normalized spacial score (nSPS) is 16.2. The summed E-state index contributed by atoms with van der Waals surface area (Å²) in [6, 6.07) is 18.3. The molecule has 1 aliphatic heterocycles. The van der Waals surface area contributed by atoms with E-state index in [0.29, 0.717) is 27.5 Å². The molecule has 0 unspecified atom stereocenters. The monoisotopic (exact) mass is 482 g/mol. The minimum absolute atomic E-state index is 0.0327. The third-order valence-corrected chi connectivity index (χ3v) is 8.44. The van der Waals surface area contributed by atoms with Crippen molar-refractivity contribution < 1.29 is 17.9 Å². The predicted molar refractivity (Wildman–Crippen MR) is 134 cm³/mol. The summed E-state index contributed by atoms with van der Waals surface area (Å²) in [4.78, 5) is 14.7. The van der Waals surface area contributed by atoms with Gasteiger partial charge in [-0.1, -0.05) is 29.8 Å². The molecule has 0 aliphatic carbocycles. The molecule has 1 atom stereocenters. The highest BCUT2D eigenvalue weighted by atomic mass is 32.2. The van der Waals surface area contributed by atoms with E-state index in [0.717, 1.165) is 22.6 Å². The summed E-state index contributed by atoms with van der Waals surface area (Å²) in [6.45, 7) is 5.56. The average molecular weight is 483 g/mol. The van der Waals surface area contributed by atoms with Gasteiger partial charge < -0.3 is 4.74 Å². The highest BCUT2D eigenvalue weighted by Crippen LogP contribution is 2.42. The molecule has 3 aromatic rings. The number of nitrogens with one attached hydrogen (secondary N) is 1. The minimum Gasteiger partial charge on any atom is -0.497 e. The maximum atomic E-state index is 13.0. The first-order valence-electron chi connectivity index (χ1n) is 10.5. The van der Waals surface area contributed by atoms with Crippen LogP contribution in [0.5, 0.6) is 5.75 Å². The van der Waals surface area contributed by atoms with Crippen LogP contribution in [0.25, 0.3) is 0 Å². The SMILES string of the molecule is COc1ccc(N2C(=O)CS[C@H]2c2ccc(NS(=O)(=O)c3c(C)cc(C)cc3C)cc2)cc1. The molecular formula is C25H26N2O4S2. The number of hydrogen-bond acceptors (Lipinski definition) is 5. The molecule has 1 fully saturated rings. The van der Waals surface area contributed by atoms with Crippen LogP contribution in [-0.2, 0) is 14.8 Å². The fourth-order valence-corrected chi connectivity index (χ4v) is 6.90. The number of aryl methyl sites for hydroxylation is 3. The van der Waals surface area contributed by atoms with Crippen LogP contribution < -0.4 is 14.4 Å². The van der Waals surface area contributed by atoms with Gasteiger partial charge in [-0.05, 0) is 73.9 Å². The number of thioether (sulfide) groups is 1. The summed E-state index contributed by atoms with van der Waals surface area (Å²) in [7, 11) is -2.12. The van der Waals surface area contributed by atoms with E-state index in [9.17, 15) is 13.2 Å². The van der Waals surface area contributed by atoms with Gasteiger partial charge in [0.25, 0.3) is 10.0 Å². The Morgan fingerprint density at radius 2 is 1.58 bits per heavy atom. The van der Waals surface area contributed by atoms with Gasteiger partial charge in [-0.25, -0.2) is 8.42 Å². The van der Waals surface area contributed by atoms with Crippen molar-refractivity contribution in [2.24, 2.45) is 0 Å². The fourth-order valence-electron chi connectivity index (χ4n) is 4.21. The van der Waals surface area contributed by atoms with E-state index in [4.69, 9.17) is 4.74 Å². The molecule has 0 bridgehead atoms. The van der Waals surface area contributed by atoms with E-state index in [2.05, 4.69) is 4.72 Å². The quantitative estimate of drug-likeness (QED) is 0.523. The number of carbonyl (C=O) groups is 1. The molecule has 1 heterocycles. The molecule has 1 amide bonds. The number of hydrogen-bond donors (Lipinski definition) is 1. The number of carbonyl (C=O) groups excluding carboxylic acids is 1. The van der Waals surface area contributed by atoms with E-state index in [-0.39, 0.29) is 11.3 Å². The van der Waals surface area contributed by atoms with Gasteiger partial charge in [-0.3, -0.25) is 14.4 Å². The van der Waals surface area contributed by atoms with Gasteiger partial charge in [0.1, 0.15) is 11.1 Å². The molecule has 1 N–H and O–H groups in total. The molecule has 1 aliphatic rings. The maximum Gasteiger partial charge on any atom is 0.262 e. The number of ether oxygens (including phenoxy) is 1. The van der Waals surface area contributed by atoms with E-state index in [1.807, 2.05) is 55.5 Å². The Kier molecular flexibility index (Phi) is 6.41. The molecule has 0 radical (unpaired) electrons. The lowest BCUT2D eigenvalue weighted by molar-refractivity contribution is -0.115. The van der Waals surface area contributed by atoms with Crippen molar-refractivity contribution in [3.63, 3.8) is 0 Å². The van der Waals surface area contributed by atoms with Crippen LogP contribution in [0.3, 0.4) is 0 Å². The molecule has 4 rings (SSSR count). The number of sulfonamides is 1. The number of nitrogens with zero attached hydrogens (tertiary/aromatic N) is 1. The minimum atomic E-state index is -3.72. The van der Waals surface area contributed by atoms with Gasteiger partial charge in [0.05, 0.1) is 17.8 Å². The molecule has 1 saturated heterocycles. The van der Waals surface area contributed by atoms with Gasteiger partial charge in [0, 0.05) is 11.4 Å². The second-order valence-corrected chi connectivity index (χ2v) is 10.8. The standard InChI is InChI=1S/C25H26N2O4S2/c1-16-13-17(2)24(18(3)14-16)33(29,30)26-20-7-5-19(6-8-20)25-27(23(28)15-32-25)21-9-11-22(31-4)12-10-21/h5-14,25-26H,15H2,1-4H3/t25-/m0/s1. The number of amides is 1. The van der Waals surface area contributed by atoms with Gasteiger partial charge >= 0.3 is 0 Å². The highest BCUT2D eigenvalue weighted by Gasteiger charge is 2.34. The van der Waals surface area contributed by atoms with Crippen LogP contribution in [0.15, 0.2) is 65.6 Å². The molecule has 0 aromatic heterocycles. The van der Waals surface area contributed by atoms with Gasteiger partial charge in [-0.2, -0.15) is 0 Å². The van der Waals surface area contributed by atoms with Crippen molar-refractivity contribution in [1.29, 1.82) is 0 Å². The van der Waals surface area contributed by atoms with Crippen molar-refractivity contribution in [1.82, 2.24) is 0 Å². The molecular weight excluding hydrogens is 456 g/mol. The van der Waals surface area contributed by atoms with Crippen LogP contribution in [0.2, 0.25) is 0 Å². The summed E-state index contributed by atoms with van der Waals surface area (Å²) in [5.74, 6) is 1.15. The lowest BCUT2D eigenvalue weighted by Crippen LogP contribution is -2.27. The molecule has 33 heavy (non-hydrogen) atoms. The Morgan fingerprint density at radius 3 is 2.15 bits per heavy atom. The lowest BCUT2D eigenvalue weighted by Gasteiger charge is -2.24. The van der Waals surface area contributed by atoms with Crippen molar-refractivity contribution in [3.05, 3.63) is 82.9 Å². The first-order chi connectivity index (χ1) is 15.7. The second kappa shape index (κ2) is 9.11. The van der Waals surface area contributed by atoms with Gasteiger partial charge in [-0.15, -0.1) is 11.8 Å². The zero-order chi connectivity index (χ0) is 23.8. The van der Waals surface area contributed by atoms with Crippen LogP contribution in [0.4, 0.5) is 11.4 Å². The van der Waals surface area contributed by atoms with Crippen molar-refractivity contribution >= 4 is 39.1 Å². The molecule has 0 saturated carbocycles. The Labute approximate surface area is 199 Å². The first kappa shape index (κ1) is 23.2. The largest absolute Gasteiger partial charge is 0.497 e. The maximum absolute atomic E-state index is 13.0. The van der Waals surface area contributed by atoms with Crippen molar-refractivity contribution in [2.45, 2.75) is 31.0 Å². The summed E-state index contributed by atoms with van der Waals surface area (Å²) < 4.78 is 34.0. The van der Waals surface area contributed by atoms with E-state index in [1.54, 1.807) is 49.8 Å². The van der Waals surface area contributed by atoms with Crippen LogP contribution in [0.1, 0.15) is 27.6 Å². The third kappa shape index (κ3) is 4.72. The van der Waals surface area contributed by atoms with Crippen molar-refractivity contribution in [3.8, 4) is 5.75 Å². The number of benzene rings is 3. The Bertz CT molecular complexity index is 1260. The summed E-state index contributed by atoms with van der Waals surface area (Å²) >= 11 is 1.54. The molecule has 8 heteroatoms. The average Bonchev–Trinajstić information content (AvgIpc) is 3.14. The molecule has 3 aromatic carbocycles. The predicted octanol–water partition coefficient (Wildman–Crippen LogP) is 5.20. The first-order valence-corrected chi connectivity index (χ1v) is 13.0. The van der Waals surface area contributed by atoms with E-state index in [1.165, 1.54) is 0 Å². The van der Waals surface area contributed by atoms with Crippen LogP contribution in [0, 0.1) is 20.8 Å². The Hall–Kier alpha value is -2.97. The van der Waals surface area contributed by atoms with Gasteiger partial charge in [0.2, 0.25) is 5.91 Å². The fraction of sp³-hybridized carbons (Fsp3) is 0.240. The Balaban J connectivity index is 1.57. The molecule has 0 spiro atoms. The highest BCUT2D eigenvalue weighted by molar-refractivity contribution is 8.00. The Morgan fingerprint density at radius 1 is 0.970 bits per heavy atom. The van der Waals surface area contributed by atoms with E-state index >= 15 is 0 Å². The van der Waals surface area contributed by atoms with E-state index < -0.39 is 10.0 Å². The molecule has 172 valence electrons. The lowest BCUT2D eigenvalue weighted by atomic mass is 10.1. The number of rotatable bonds is 6. The number of anilines is 2. The number of methoxy groups -OCH3 is 1. The summed E-state index contributed by atoms with van der Waals surface area (Å²) in [6.07, 6.45) is 0. The van der Waals surface area contributed by atoms with Crippen molar-refractivity contribution in [2.75, 3.05) is 22.5 Å². The van der Waals surface area contributed by atoms with Crippen LogP contribution in [-0.4, -0.2) is 27.2 Å².